The largest absolute Gasteiger partial charge is 0.339 e. The summed E-state index contributed by atoms with van der Waals surface area (Å²) < 4.78 is 49.6. The van der Waals surface area contributed by atoms with Gasteiger partial charge >= 0.3 is 0 Å². The van der Waals surface area contributed by atoms with Gasteiger partial charge in [-0.25, -0.2) is 16.8 Å². The van der Waals surface area contributed by atoms with Crippen LogP contribution in [0.2, 0.25) is 0 Å². The van der Waals surface area contributed by atoms with Crippen LogP contribution in [0.1, 0.15) is 25.7 Å². The third kappa shape index (κ3) is 4.65. The average molecular weight is 416 g/mol. The fourth-order valence-corrected chi connectivity index (χ4v) is 8.16. The Hall–Kier alpha value is -0.420. The fourth-order valence-electron chi connectivity index (χ4n) is 3.65. The van der Waals surface area contributed by atoms with Crippen molar-refractivity contribution in [2.24, 2.45) is 0 Å². The van der Waals surface area contributed by atoms with E-state index in [1.807, 2.05) is 0 Å². The van der Waals surface area contributed by atoms with E-state index in [0.717, 1.165) is 25.8 Å². The van der Waals surface area contributed by atoms with Gasteiger partial charge in [-0.3, -0.25) is 4.79 Å². The summed E-state index contributed by atoms with van der Waals surface area (Å²) in [6.45, 7) is 2.08. The number of hydrogen-bond donors (Lipinski definition) is 1. The zero-order chi connectivity index (χ0) is 17.4. The molecule has 0 aromatic heterocycles. The van der Waals surface area contributed by atoms with Gasteiger partial charge in [0, 0.05) is 26.2 Å². The van der Waals surface area contributed by atoms with Crippen LogP contribution in [-0.2, 0) is 24.7 Å². The van der Waals surface area contributed by atoms with Crippen LogP contribution >= 0.6 is 12.4 Å². The number of piperidine rings is 1. The Morgan fingerprint density at radius 2 is 1.72 bits per heavy atom. The molecule has 3 saturated heterocycles. The van der Waals surface area contributed by atoms with Crippen LogP contribution in [0.15, 0.2) is 0 Å². The molecule has 0 spiro atoms. The summed E-state index contributed by atoms with van der Waals surface area (Å²) in [6, 6.07) is -0.151. The third-order valence-corrected chi connectivity index (χ3v) is 9.44. The zero-order valence-corrected chi connectivity index (χ0v) is 16.5. The van der Waals surface area contributed by atoms with Crippen molar-refractivity contribution >= 4 is 38.2 Å². The second-order valence-electron chi connectivity index (χ2n) is 6.80. The maximum atomic E-state index is 12.6. The smallest absolute Gasteiger partial charge is 0.239 e. The Bertz CT molecular complexity index is 683. The number of sulfone groups is 1. The van der Waals surface area contributed by atoms with Gasteiger partial charge in [0.1, 0.15) is 0 Å². The topological polar surface area (TPSA) is 104 Å². The molecule has 0 bridgehead atoms. The lowest BCUT2D eigenvalue weighted by Gasteiger charge is -2.37. The van der Waals surface area contributed by atoms with Crippen molar-refractivity contribution in [1.82, 2.24) is 14.5 Å². The summed E-state index contributed by atoms with van der Waals surface area (Å²) in [6.07, 6.45) is 3.13. The molecule has 0 aromatic rings. The van der Waals surface area contributed by atoms with E-state index < -0.39 is 25.1 Å². The van der Waals surface area contributed by atoms with E-state index in [0.29, 0.717) is 13.1 Å². The van der Waals surface area contributed by atoms with Gasteiger partial charge in [-0.2, -0.15) is 4.31 Å². The molecule has 25 heavy (non-hydrogen) atoms. The highest BCUT2D eigenvalue weighted by atomic mass is 35.5. The van der Waals surface area contributed by atoms with Crippen molar-refractivity contribution in [3.05, 3.63) is 0 Å². The van der Waals surface area contributed by atoms with E-state index >= 15 is 0 Å². The molecular formula is C14H26ClN3O5S2. The predicted octanol–water partition coefficient (Wildman–Crippen LogP) is -0.789. The molecule has 146 valence electrons. The van der Waals surface area contributed by atoms with Crippen LogP contribution in [0.3, 0.4) is 0 Å². The van der Waals surface area contributed by atoms with Crippen molar-refractivity contribution in [1.29, 1.82) is 0 Å². The van der Waals surface area contributed by atoms with Crippen molar-refractivity contribution in [2.45, 2.75) is 37.0 Å². The van der Waals surface area contributed by atoms with E-state index in [2.05, 4.69) is 5.32 Å². The van der Waals surface area contributed by atoms with Crippen LogP contribution in [0.5, 0.6) is 0 Å². The standard InChI is InChI=1S/C14H25N3O5S2.ClH/c18-14(13-3-1-2-5-15-13)16-6-8-17(9-7-16)24(21,22)12-4-10-23(19,20)11-12;/h12-13,15H,1-11H2;1H. The number of nitrogens with zero attached hydrogens (tertiary/aromatic N) is 2. The first-order valence-electron chi connectivity index (χ1n) is 8.51. The number of carbonyl (C=O) groups is 1. The van der Waals surface area contributed by atoms with Crippen LogP contribution < -0.4 is 5.32 Å². The Labute approximate surface area is 155 Å². The molecular weight excluding hydrogens is 390 g/mol. The number of halogens is 1. The summed E-state index contributed by atoms with van der Waals surface area (Å²) in [5.74, 6) is -0.279. The molecule has 0 aromatic carbocycles. The summed E-state index contributed by atoms with van der Waals surface area (Å²) in [7, 11) is -6.84. The Balaban J connectivity index is 0.00000225. The highest BCUT2D eigenvalue weighted by Crippen LogP contribution is 2.23. The number of nitrogens with one attached hydrogen (secondary N) is 1. The Kier molecular flexibility index (Phi) is 6.75. The Morgan fingerprint density at radius 3 is 2.24 bits per heavy atom. The molecule has 1 amide bonds. The van der Waals surface area contributed by atoms with Crippen molar-refractivity contribution in [3.63, 3.8) is 0 Å². The SMILES string of the molecule is Cl.O=C(C1CCCCN1)N1CCN(S(=O)(=O)C2CCS(=O)(=O)C2)CC1. The summed E-state index contributed by atoms with van der Waals surface area (Å²) in [5.41, 5.74) is 0. The number of carbonyl (C=O) groups excluding carboxylic acids is 1. The van der Waals surface area contributed by atoms with Crippen molar-refractivity contribution in [2.75, 3.05) is 44.2 Å². The first-order chi connectivity index (χ1) is 11.3. The summed E-state index contributed by atoms with van der Waals surface area (Å²) in [4.78, 5) is 14.2. The van der Waals surface area contributed by atoms with E-state index in [9.17, 15) is 21.6 Å². The van der Waals surface area contributed by atoms with Crippen molar-refractivity contribution in [3.8, 4) is 0 Å². The van der Waals surface area contributed by atoms with E-state index in [1.54, 1.807) is 4.90 Å². The highest BCUT2D eigenvalue weighted by Gasteiger charge is 2.41. The fraction of sp³-hybridized carbons (Fsp3) is 0.929. The van der Waals surface area contributed by atoms with Crippen LogP contribution in [0.4, 0.5) is 0 Å². The monoisotopic (exact) mass is 415 g/mol. The molecule has 3 heterocycles. The van der Waals surface area contributed by atoms with Crippen molar-refractivity contribution < 1.29 is 21.6 Å². The van der Waals surface area contributed by atoms with Gasteiger partial charge in [0.25, 0.3) is 0 Å². The van der Waals surface area contributed by atoms with Gasteiger partial charge < -0.3 is 10.2 Å². The van der Waals surface area contributed by atoms with Gasteiger partial charge in [-0.15, -0.1) is 12.4 Å². The third-order valence-electron chi connectivity index (χ3n) is 5.13. The van der Waals surface area contributed by atoms with Gasteiger partial charge in [0.15, 0.2) is 9.84 Å². The second kappa shape index (κ2) is 8.08. The van der Waals surface area contributed by atoms with E-state index in [4.69, 9.17) is 0 Å². The van der Waals surface area contributed by atoms with Gasteiger partial charge in [-0.1, -0.05) is 6.42 Å². The molecule has 3 rings (SSSR count). The molecule has 1 N–H and O–H groups in total. The maximum absolute atomic E-state index is 12.6. The lowest BCUT2D eigenvalue weighted by Crippen LogP contribution is -2.56. The average Bonchev–Trinajstić information content (AvgIpc) is 2.96. The number of piperazine rings is 1. The predicted molar refractivity (Wildman–Crippen MR) is 97.0 cm³/mol. The lowest BCUT2D eigenvalue weighted by molar-refractivity contribution is -0.135. The second-order valence-corrected chi connectivity index (χ2v) is 11.2. The molecule has 0 radical (unpaired) electrons. The minimum Gasteiger partial charge on any atom is -0.339 e. The van der Waals surface area contributed by atoms with Gasteiger partial charge in [-0.05, 0) is 25.8 Å². The molecule has 2 unspecified atom stereocenters. The number of rotatable bonds is 3. The molecule has 8 nitrogen and oxygen atoms in total. The molecule has 3 aliphatic rings. The highest BCUT2D eigenvalue weighted by molar-refractivity contribution is 7.95. The molecule has 3 fully saturated rings. The lowest BCUT2D eigenvalue weighted by atomic mass is 10.0. The van der Waals surface area contributed by atoms with E-state index in [1.165, 1.54) is 4.31 Å². The zero-order valence-electron chi connectivity index (χ0n) is 14.1. The summed E-state index contributed by atoms with van der Waals surface area (Å²) >= 11 is 0. The van der Waals surface area contributed by atoms with Crippen LogP contribution in [-0.4, -0.2) is 87.5 Å². The first-order valence-corrected chi connectivity index (χ1v) is 11.8. The molecule has 0 saturated carbocycles. The number of hydrogen-bond acceptors (Lipinski definition) is 6. The summed E-state index contributed by atoms with van der Waals surface area (Å²) in [5, 5.41) is 2.39. The quantitative estimate of drug-likeness (QED) is 0.648. The molecule has 3 aliphatic heterocycles. The maximum Gasteiger partial charge on any atom is 0.239 e. The molecule has 0 aliphatic carbocycles. The minimum atomic E-state index is -3.61. The Morgan fingerprint density at radius 1 is 1.04 bits per heavy atom. The van der Waals surface area contributed by atoms with E-state index in [-0.39, 0.29) is 55.4 Å². The van der Waals surface area contributed by atoms with Gasteiger partial charge in [0.2, 0.25) is 15.9 Å². The van der Waals surface area contributed by atoms with Gasteiger partial charge in [0.05, 0.1) is 22.8 Å². The first kappa shape index (κ1) is 20.9. The number of sulfonamides is 1. The van der Waals surface area contributed by atoms with Crippen LogP contribution in [0, 0.1) is 0 Å². The molecule has 11 heteroatoms. The molecule has 2 atom stereocenters. The normalized spacial score (nSPS) is 30.6. The number of amides is 1. The minimum absolute atomic E-state index is 0. The van der Waals surface area contributed by atoms with Crippen LogP contribution in [0.25, 0.3) is 0 Å².